The summed E-state index contributed by atoms with van der Waals surface area (Å²) in [5.41, 5.74) is 0.125. The Kier molecular flexibility index (Phi) is 3.85. The summed E-state index contributed by atoms with van der Waals surface area (Å²) in [6.07, 6.45) is 3.80. The molecule has 5 nitrogen and oxygen atoms in total. The molecular formula is C16H20F3N5. The van der Waals surface area contributed by atoms with Gasteiger partial charge in [-0.2, -0.15) is 17.7 Å². The fourth-order valence-corrected chi connectivity index (χ4v) is 3.57. The van der Waals surface area contributed by atoms with E-state index in [2.05, 4.69) is 20.2 Å². The maximum absolute atomic E-state index is 13.1. The third kappa shape index (κ3) is 3.06. The quantitative estimate of drug-likeness (QED) is 0.852. The lowest BCUT2D eigenvalue weighted by atomic mass is 9.89. The highest BCUT2D eigenvalue weighted by atomic mass is 19.4. The summed E-state index contributed by atoms with van der Waals surface area (Å²) in [7, 11) is 0. The Morgan fingerprint density at radius 2 is 1.79 bits per heavy atom. The first-order chi connectivity index (χ1) is 11.5. The lowest BCUT2D eigenvalue weighted by Crippen LogP contribution is -2.33. The minimum absolute atomic E-state index is 0.125. The Morgan fingerprint density at radius 3 is 2.46 bits per heavy atom. The number of rotatable bonds is 4. The molecule has 0 unspecified atom stereocenters. The molecule has 0 aromatic carbocycles. The molecule has 0 spiro atoms. The molecular weight excluding hydrogens is 319 g/mol. The van der Waals surface area contributed by atoms with Gasteiger partial charge >= 0.3 is 6.18 Å². The molecule has 2 saturated carbocycles. The average molecular weight is 339 g/mol. The molecule has 2 heterocycles. The Labute approximate surface area is 137 Å². The molecule has 4 rings (SSSR count). The van der Waals surface area contributed by atoms with Crippen molar-refractivity contribution in [1.29, 1.82) is 0 Å². The predicted molar refractivity (Wildman–Crippen MR) is 82.7 cm³/mol. The summed E-state index contributed by atoms with van der Waals surface area (Å²) in [6.45, 7) is 0.882. The van der Waals surface area contributed by atoms with Crippen molar-refractivity contribution >= 4 is 11.5 Å². The van der Waals surface area contributed by atoms with Gasteiger partial charge < -0.3 is 4.90 Å². The van der Waals surface area contributed by atoms with E-state index in [0.717, 1.165) is 23.9 Å². The van der Waals surface area contributed by atoms with Crippen LogP contribution in [0.5, 0.6) is 0 Å². The number of halogens is 3. The molecule has 0 atom stereocenters. The largest absolute Gasteiger partial charge is 0.453 e. The molecule has 2 aliphatic carbocycles. The van der Waals surface area contributed by atoms with Crippen molar-refractivity contribution in [3.63, 3.8) is 0 Å². The first kappa shape index (κ1) is 15.7. The van der Waals surface area contributed by atoms with E-state index in [4.69, 9.17) is 0 Å². The van der Waals surface area contributed by atoms with Crippen LogP contribution in [0.4, 0.5) is 19.0 Å². The van der Waals surface area contributed by atoms with E-state index in [1.54, 1.807) is 12.1 Å². The number of hydrogen-bond donors (Lipinski definition) is 0. The van der Waals surface area contributed by atoms with E-state index in [1.807, 2.05) is 0 Å². The Bertz CT molecular complexity index is 716. The number of hydrogen-bond acceptors (Lipinski definition) is 4. The number of alkyl halides is 3. The van der Waals surface area contributed by atoms with E-state index < -0.39 is 12.0 Å². The molecule has 130 valence electrons. The van der Waals surface area contributed by atoms with Crippen LogP contribution in [0.3, 0.4) is 0 Å². The summed E-state index contributed by atoms with van der Waals surface area (Å²) >= 11 is 0. The van der Waals surface area contributed by atoms with E-state index in [0.29, 0.717) is 17.8 Å². The van der Waals surface area contributed by atoms with Gasteiger partial charge in [0.25, 0.3) is 5.82 Å². The molecule has 24 heavy (non-hydrogen) atoms. The molecule has 0 bridgehead atoms. The van der Waals surface area contributed by atoms with Gasteiger partial charge in [-0.15, -0.1) is 15.3 Å². The third-order valence-electron chi connectivity index (χ3n) is 4.96. The van der Waals surface area contributed by atoms with Crippen LogP contribution in [0.2, 0.25) is 0 Å². The molecule has 2 fully saturated rings. The summed E-state index contributed by atoms with van der Waals surface area (Å²) in [4.78, 5) is 2.19. The number of anilines is 1. The maximum atomic E-state index is 13.1. The van der Waals surface area contributed by atoms with Crippen molar-refractivity contribution in [3.8, 4) is 0 Å². The van der Waals surface area contributed by atoms with Crippen molar-refractivity contribution < 1.29 is 13.2 Å². The SMILES string of the molecule is FC(F)(F)c1nnc2ccc(N(CC3CCCCC3)C3CC3)nn12. The molecule has 2 aromatic heterocycles. The van der Waals surface area contributed by atoms with Gasteiger partial charge in [-0.3, -0.25) is 0 Å². The van der Waals surface area contributed by atoms with E-state index in [1.165, 1.54) is 32.1 Å². The number of aromatic nitrogens is 4. The second-order valence-corrected chi connectivity index (χ2v) is 6.87. The van der Waals surface area contributed by atoms with Crippen molar-refractivity contribution in [2.45, 2.75) is 57.2 Å². The van der Waals surface area contributed by atoms with Crippen molar-refractivity contribution in [2.75, 3.05) is 11.4 Å². The fourth-order valence-electron chi connectivity index (χ4n) is 3.57. The monoisotopic (exact) mass is 339 g/mol. The average Bonchev–Trinajstić information content (AvgIpc) is 3.30. The molecule has 8 heteroatoms. The molecule has 0 aliphatic heterocycles. The van der Waals surface area contributed by atoms with Crippen LogP contribution in [0.15, 0.2) is 12.1 Å². The molecule has 0 amide bonds. The topological polar surface area (TPSA) is 46.3 Å². The summed E-state index contributed by atoms with van der Waals surface area (Å²) in [5.74, 6) is 0.147. The van der Waals surface area contributed by atoms with Crippen LogP contribution < -0.4 is 4.90 Å². The van der Waals surface area contributed by atoms with Gasteiger partial charge in [-0.25, -0.2) is 0 Å². The highest BCUT2D eigenvalue weighted by Gasteiger charge is 2.38. The normalized spacial score (nSPS) is 19.8. The van der Waals surface area contributed by atoms with Gasteiger partial charge in [0, 0.05) is 12.6 Å². The van der Waals surface area contributed by atoms with E-state index in [-0.39, 0.29) is 5.65 Å². The molecule has 0 radical (unpaired) electrons. The third-order valence-corrected chi connectivity index (χ3v) is 4.96. The number of fused-ring (bicyclic) bond motifs is 1. The van der Waals surface area contributed by atoms with Gasteiger partial charge in [-0.05, 0) is 43.7 Å². The first-order valence-electron chi connectivity index (χ1n) is 8.58. The minimum Gasteiger partial charge on any atom is -0.352 e. The smallest absolute Gasteiger partial charge is 0.352 e. The van der Waals surface area contributed by atoms with Crippen LogP contribution in [-0.4, -0.2) is 32.4 Å². The summed E-state index contributed by atoms with van der Waals surface area (Å²) in [6, 6.07) is 3.74. The van der Waals surface area contributed by atoms with Crippen LogP contribution in [0.25, 0.3) is 5.65 Å². The van der Waals surface area contributed by atoms with E-state index in [9.17, 15) is 13.2 Å². The highest BCUT2D eigenvalue weighted by molar-refractivity contribution is 5.47. The van der Waals surface area contributed by atoms with Crippen LogP contribution in [0.1, 0.15) is 50.8 Å². The van der Waals surface area contributed by atoms with Crippen LogP contribution >= 0.6 is 0 Å². The van der Waals surface area contributed by atoms with Gasteiger partial charge in [0.15, 0.2) is 5.65 Å². The van der Waals surface area contributed by atoms with Crippen molar-refractivity contribution in [1.82, 2.24) is 19.8 Å². The highest BCUT2D eigenvalue weighted by Crippen LogP contribution is 2.35. The molecule has 2 aliphatic rings. The van der Waals surface area contributed by atoms with Crippen LogP contribution in [0, 0.1) is 5.92 Å². The van der Waals surface area contributed by atoms with Gasteiger partial charge in [0.05, 0.1) is 0 Å². The zero-order chi connectivity index (χ0) is 16.7. The van der Waals surface area contributed by atoms with Crippen molar-refractivity contribution in [3.05, 3.63) is 18.0 Å². The minimum atomic E-state index is -4.56. The van der Waals surface area contributed by atoms with Gasteiger partial charge in [0.2, 0.25) is 0 Å². The Hall–Kier alpha value is -1.86. The van der Waals surface area contributed by atoms with Crippen LogP contribution in [-0.2, 0) is 6.18 Å². The second-order valence-electron chi connectivity index (χ2n) is 6.87. The molecule has 0 N–H and O–H groups in total. The van der Waals surface area contributed by atoms with Gasteiger partial charge in [0.1, 0.15) is 5.82 Å². The molecule has 0 saturated heterocycles. The second kappa shape index (κ2) is 5.89. The van der Waals surface area contributed by atoms with Gasteiger partial charge in [-0.1, -0.05) is 19.3 Å². The summed E-state index contributed by atoms with van der Waals surface area (Å²) in [5, 5.41) is 11.1. The zero-order valence-electron chi connectivity index (χ0n) is 13.3. The van der Waals surface area contributed by atoms with Crippen molar-refractivity contribution in [2.24, 2.45) is 5.92 Å². The zero-order valence-corrected chi connectivity index (χ0v) is 13.3. The summed E-state index contributed by atoms with van der Waals surface area (Å²) < 4.78 is 40.0. The molecule has 2 aromatic rings. The maximum Gasteiger partial charge on any atom is 0.453 e. The number of nitrogens with zero attached hydrogens (tertiary/aromatic N) is 5. The van der Waals surface area contributed by atoms with E-state index >= 15 is 0 Å². The lowest BCUT2D eigenvalue weighted by Gasteiger charge is -2.30. The fraction of sp³-hybridized carbons (Fsp3) is 0.688. The lowest BCUT2D eigenvalue weighted by molar-refractivity contribution is -0.146. The predicted octanol–water partition coefficient (Wildman–Crippen LogP) is 3.69. The standard InChI is InChI=1S/C16H20F3N5/c17-16(18,19)15-21-20-13-8-9-14(22-24(13)15)23(12-6-7-12)10-11-4-2-1-3-5-11/h8-9,11-12H,1-7,10H2. The Balaban J connectivity index is 1.65. The first-order valence-corrected chi connectivity index (χ1v) is 8.58. The Morgan fingerprint density at radius 1 is 1.04 bits per heavy atom.